The van der Waals surface area contributed by atoms with Crippen LogP contribution in [0.25, 0.3) is 16.9 Å². The van der Waals surface area contributed by atoms with Gasteiger partial charge in [-0.25, -0.2) is 18.3 Å². The minimum atomic E-state index is -2.77. The van der Waals surface area contributed by atoms with Gasteiger partial charge in [-0.1, -0.05) is 47.5 Å². The van der Waals surface area contributed by atoms with E-state index in [2.05, 4.69) is 15.4 Å². The number of aryl methyl sites for hydroxylation is 3. The zero-order chi connectivity index (χ0) is 21.4. The number of alkyl halides is 2. The van der Waals surface area contributed by atoms with E-state index in [9.17, 15) is 13.6 Å². The Labute approximate surface area is 172 Å². The number of aromatic nitrogens is 3. The number of hydrogen-bond acceptors (Lipinski definition) is 3. The number of carbonyl (C=O) groups is 1. The maximum Gasteiger partial charge on any atom is 0.280 e. The van der Waals surface area contributed by atoms with Gasteiger partial charge in [0.05, 0.1) is 11.9 Å². The van der Waals surface area contributed by atoms with Gasteiger partial charge in [-0.2, -0.15) is 5.10 Å². The molecule has 0 bridgehead atoms. The Kier molecular flexibility index (Phi) is 5.03. The van der Waals surface area contributed by atoms with Crippen molar-refractivity contribution in [3.05, 3.63) is 82.7 Å². The fourth-order valence-electron chi connectivity index (χ4n) is 3.32. The monoisotopic (exact) mass is 406 g/mol. The third-order valence-electron chi connectivity index (χ3n) is 4.94. The fraction of sp³-hybridized carbons (Fsp3) is 0.174. The molecular formula is C23H20F2N4O. The molecule has 4 aromatic rings. The topological polar surface area (TPSA) is 59.3 Å². The summed E-state index contributed by atoms with van der Waals surface area (Å²) >= 11 is 0. The number of nitrogens with zero attached hydrogens (tertiary/aromatic N) is 3. The van der Waals surface area contributed by atoms with Gasteiger partial charge in [0.1, 0.15) is 11.3 Å². The molecular weight excluding hydrogens is 386 g/mol. The van der Waals surface area contributed by atoms with Crippen molar-refractivity contribution >= 4 is 17.2 Å². The van der Waals surface area contributed by atoms with Crippen LogP contribution < -0.4 is 5.32 Å². The van der Waals surface area contributed by atoms with Crippen LogP contribution in [0.1, 0.15) is 39.2 Å². The number of nitrogens with one attached hydrogen (secondary N) is 1. The maximum absolute atomic E-state index is 13.7. The lowest BCUT2D eigenvalue weighted by Crippen LogP contribution is -2.13. The van der Waals surface area contributed by atoms with Crippen LogP contribution in [0.15, 0.2) is 54.7 Å². The Hall–Kier alpha value is -3.61. The largest absolute Gasteiger partial charge is 0.322 e. The summed E-state index contributed by atoms with van der Waals surface area (Å²) in [6.45, 7) is 5.80. The van der Waals surface area contributed by atoms with Gasteiger partial charge in [0.2, 0.25) is 0 Å². The first-order valence-corrected chi connectivity index (χ1v) is 9.46. The Bertz CT molecular complexity index is 1250. The van der Waals surface area contributed by atoms with Crippen LogP contribution in [-0.2, 0) is 0 Å². The fourth-order valence-corrected chi connectivity index (χ4v) is 3.32. The molecule has 1 amide bonds. The van der Waals surface area contributed by atoms with Crippen molar-refractivity contribution in [2.24, 2.45) is 0 Å². The van der Waals surface area contributed by atoms with Crippen LogP contribution in [0.2, 0.25) is 0 Å². The lowest BCUT2D eigenvalue weighted by molar-refractivity contribution is 0.102. The van der Waals surface area contributed by atoms with Crippen molar-refractivity contribution in [1.82, 2.24) is 14.6 Å². The first-order valence-electron chi connectivity index (χ1n) is 9.46. The minimum Gasteiger partial charge on any atom is -0.322 e. The lowest BCUT2D eigenvalue weighted by atomic mass is 10.1. The van der Waals surface area contributed by atoms with E-state index in [1.807, 2.05) is 63.2 Å². The van der Waals surface area contributed by atoms with E-state index in [1.54, 1.807) is 0 Å². The molecule has 0 saturated carbocycles. The molecule has 30 heavy (non-hydrogen) atoms. The molecule has 0 spiro atoms. The van der Waals surface area contributed by atoms with Crippen LogP contribution in [0, 0.1) is 20.8 Å². The first-order chi connectivity index (χ1) is 14.3. The standard InChI is InChI=1S/C23H20F2N4O/c1-13-4-7-16(8-5-13)19-11-20(21(24)25)29-22(27-19)17(12-26-29)23(30)28-18-9-6-14(2)10-15(18)3/h4-12,21H,1-3H3,(H,28,30). The molecule has 0 aliphatic rings. The third-order valence-corrected chi connectivity index (χ3v) is 4.94. The first kappa shape index (κ1) is 19.7. The smallest absolute Gasteiger partial charge is 0.280 e. The van der Waals surface area contributed by atoms with Crippen molar-refractivity contribution in [2.45, 2.75) is 27.2 Å². The number of carbonyl (C=O) groups excluding carboxylic acids is 1. The molecule has 0 radical (unpaired) electrons. The molecule has 0 unspecified atom stereocenters. The summed E-state index contributed by atoms with van der Waals surface area (Å²) in [5.41, 5.74) is 4.62. The molecule has 0 aliphatic carbocycles. The number of hydrogen-bond donors (Lipinski definition) is 1. The molecule has 0 atom stereocenters. The van der Waals surface area contributed by atoms with E-state index in [1.165, 1.54) is 12.3 Å². The van der Waals surface area contributed by atoms with Crippen molar-refractivity contribution < 1.29 is 13.6 Å². The second kappa shape index (κ2) is 7.67. The van der Waals surface area contributed by atoms with E-state index < -0.39 is 12.3 Å². The SMILES string of the molecule is Cc1ccc(-c2cc(C(F)F)n3ncc(C(=O)Nc4ccc(C)cc4C)c3n2)cc1. The highest BCUT2D eigenvalue weighted by Crippen LogP contribution is 2.27. The Morgan fingerprint density at radius 2 is 1.70 bits per heavy atom. The summed E-state index contributed by atoms with van der Waals surface area (Å²) in [5, 5.41) is 6.83. The van der Waals surface area contributed by atoms with Gasteiger partial charge in [-0.3, -0.25) is 4.79 Å². The molecule has 1 N–H and O–H groups in total. The third kappa shape index (κ3) is 3.66. The van der Waals surface area contributed by atoms with Crippen LogP contribution in [-0.4, -0.2) is 20.5 Å². The molecule has 152 valence electrons. The second-order valence-corrected chi connectivity index (χ2v) is 7.30. The summed E-state index contributed by atoms with van der Waals surface area (Å²) in [7, 11) is 0. The van der Waals surface area contributed by atoms with E-state index in [0.29, 0.717) is 16.9 Å². The molecule has 0 aliphatic heterocycles. The van der Waals surface area contributed by atoms with Crippen LogP contribution in [0.3, 0.4) is 0 Å². The summed E-state index contributed by atoms with van der Waals surface area (Å²) < 4.78 is 28.5. The predicted octanol–water partition coefficient (Wildman–Crippen LogP) is 5.51. The van der Waals surface area contributed by atoms with Gasteiger partial charge >= 0.3 is 0 Å². The highest BCUT2D eigenvalue weighted by Gasteiger charge is 2.22. The van der Waals surface area contributed by atoms with Gasteiger partial charge in [-0.15, -0.1) is 0 Å². The number of anilines is 1. The Balaban J connectivity index is 1.80. The summed E-state index contributed by atoms with van der Waals surface area (Å²) in [6.07, 6.45) is -1.50. The zero-order valence-electron chi connectivity index (χ0n) is 16.8. The molecule has 5 nitrogen and oxygen atoms in total. The van der Waals surface area contributed by atoms with Crippen molar-refractivity contribution in [3.63, 3.8) is 0 Å². The van der Waals surface area contributed by atoms with E-state index in [-0.39, 0.29) is 16.9 Å². The van der Waals surface area contributed by atoms with Crippen LogP contribution >= 0.6 is 0 Å². The molecule has 2 heterocycles. The number of rotatable bonds is 4. The predicted molar refractivity (Wildman–Crippen MR) is 112 cm³/mol. The van der Waals surface area contributed by atoms with Crippen molar-refractivity contribution in [2.75, 3.05) is 5.32 Å². The highest BCUT2D eigenvalue weighted by molar-refractivity contribution is 6.08. The average molecular weight is 406 g/mol. The summed E-state index contributed by atoms with van der Waals surface area (Å²) in [6, 6.07) is 14.4. The summed E-state index contributed by atoms with van der Waals surface area (Å²) in [5.74, 6) is -0.453. The van der Waals surface area contributed by atoms with Crippen molar-refractivity contribution in [1.29, 1.82) is 0 Å². The molecule has 4 rings (SSSR count). The molecule has 0 saturated heterocycles. The highest BCUT2D eigenvalue weighted by atomic mass is 19.3. The summed E-state index contributed by atoms with van der Waals surface area (Å²) in [4.78, 5) is 17.4. The van der Waals surface area contributed by atoms with Gasteiger partial charge < -0.3 is 5.32 Å². The number of amides is 1. The van der Waals surface area contributed by atoms with Crippen molar-refractivity contribution in [3.8, 4) is 11.3 Å². The Morgan fingerprint density at radius 1 is 1.00 bits per heavy atom. The number of benzene rings is 2. The van der Waals surface area contributed by atoms with Crippen LogP contribution in [0.4, 0.5) is 14.5 Å². The number of halogens is 2. The Morgan fingerprint density at radius 3 is 2.37 bits per heavy atom. The minimum absolute atomic E-state index is 0.0886. The van der Waals surface area contributed by atoms with Gasteiger partial charge in [0.25, 0.3) is 12.3 Å². The van der Waals surface area contributed by atoms with E-state index >= 15 is 0 Å². The normalized spacial score (nSPS) is 11.3. The lowest BCUT2D eigenvalue weighted by Gasteiger charge is -2.10. The molecule has 0 fully saturated rings. The molecule has 2 aromatic carbocycles. The van der Waals surface area contributed by atoms with Gasteiger partial charge in [0.15, 0.2) is 5.65 Å². The quantitative estimate of drug-likeness (QED) is 0.486. The van der Waals surface area contributed by atoms with Gasteiger partial charge in [0, 0.05) is 11.3 Å². The van der Waals surface area contributed by atoms with E-state index in [4.69, 9.17) is 0 Å². The zero-order valence-corrected chi connectivity index (χ0v) is 16.8. The second-order valence-electron chi connectivity index (χ2n) is 7.30. The maximum atomic E-state index is 13.7. The molecule has 7 heteroatoms. The van der Waals surface area contributed by atoms with Crippen LogP contribution in [0.5, 0.6) is 0 Å². The average Bonchev–Trinajstić information content (AvgIpc) is 3.14. The van der Waals surface area contributed by atoms with E-state index in [0.717, 1.165) is 21.2 Å². The molecule has 2 aromatic heterocycles. The number of fused-ring (bicyclic) bond motifs is 1. The van der Waals surface area contributed by atoms with Gasteiger partial charge in [-0.05, 0) is 38.5 Å².